The molecule has 1 fully saturated rings. The van der Waals surface area contributed by atoms with E-state index in [1.54, 1.807) is 0 Å². The van der Waals surface area contributed by atoms with Gasteiger partial charge in [-0.05, 0) is 43.9 Å². The van der Waals surface area contributed by atoms with Crippen LogP contribution in [0.25, 0.3) is 0 Å². The standard InChI is InChI=1S/C15H20ClNO2/c1-2-19-15(18)11-12-6-7-14(13(16)10-12)17-8-4-3-5-9-17/h6-7,10H,2-5,8-9,11H2,1H3. The second kappa shape index (κ2) is 6.80. The molecule has 0 aliphatic carbocycles. The SMILES string of the molecule is CCOC(=O)Cc1ccc(N2CCCCC2)c(Cl)c1. The van der Waals surface area contributed by atoms with E-state index in [1.807, 2.05) is 25.1 Å². The molecule has 0 spiro atoms. The monoisotopic (exact) mass is 281 g/mol. The number of carbonyl (C=O) groups excluding carboxylic acids is 1. The summed E-state index contributed by atoms with van der Waals surface area (Å²) in [4.78, 5) is 13.8. The summed E-state index contributed by atoms with van der Waals surface area (Å²) in [5, 5.41) is 0.726. The summed E-state index contributed by atoms with van der Waals surface area (Å²) in [6, 6.07) is 5.86. The van der Waals surface area contributed by atoms with E-state index in [-0.39, 0.29) is 12.4 Å². The van der Waals surface area contributed by atoms with Gasteiger partial charge in [-0.2, -0.15) is 0 Å². The predicted octanol–water partition coefficient (Wildman–Crippen LogP) is 3.44. The van der Waals surface area contributed by atoms with Gasteiger partial charge in [0.15, 0.2) is 0 Å². The first-order valence-electron chi connectivity index (χ1n) is 6.89. The summed E-state index contributed by atoms with van der Waals surface area (Å²) >= 11 is 6.33. The van der Waals surface area contributed by atoms with Gasteiger partial charge in [-0.1, -0.05) is 17.7 Å². The van der Waals surface area contributed by atoms with Crippen molar-refractivity contribution in [3.8, 4) is 0 Å². The van der Waals surface area contributed by atoms with Gasteiger partial charge in [0.1, 0.15) is 0 Å². The average Bonchev–Trinajstić information content (AvgIpc) is 2.40. The average molecular weight is 282 g/mol. The smallest absolute Gasteiger partial charge is 0.310 e. The van der Waals surface area contributed by atoms with Crippen molar-refractivity contribution in [2.45, 2.75) is 32.6 Å². The number of piperidine rings is 1. The van der Waals surface area contributed by atoms with Gasteiger partial charge < -0.3 is 9.64 Å². The molecular formula is C15H20ClNO2. The van der Waals surface area contributed by atoms with Crippen LogP contribution in [-0.4, -0.2) is 25.7 Å². The van der Waals surface area contributed by atoms with Crippen LogP contribution >= 0.6 is 11.6 Å². The number of anilines is 1. The van der Waals surface area contributed by atoms with Crippen LogP contribution in [0, 0.1) is 0 Å². The molecule has 19 heavy (non-hydrogen) atoms. The van der Waals surface area contributed by atoms with Crippen molar-refractivity contribution in [2.24, 2.45) is 0 Å². The van der Waals surface area contributed by atoms with E-state index in [1.165, 1.54) is 19.3 Å². The van der Waals surface area contributed by atoms with Gasteiger partial charge in [0.05, 0.1) is 23.7 Å². The van der Waals surface area contributed by atoms with Crippen molar-refractivity contribution in [2.75, 3.05) is 24.6 Å². The molecule has 0 bridgehead atoms. The van der Waals surface area contributed by atoms with E-state index in [2.05, 4.69) is 4.90 Å². The van der Waals surface area contributed by atoms with E-state index >= 15 is 0 Å². The minimum Gasteiger partial charge on any atom is -0.466 e. The van der Waals surface area contributed by atoms with Crippen molar-refractivity contribution in [1.29, 1.82) is 0 Å². The first-order chi connectivity index (χ1) is 9.20. The molecule has 0 saturated carbocycles. The molecule has 2 rings (SSSR count). The molecule has 1 aromatic carbocycles. The van der Waals surface area contributed by atoms with Crippen molar-refractivity contribution in [3.05, 3.63) is 28.8 Å². The molecule has 0 amide bonds. The summed E-state index contributed by atoms with van der Waals surface area (Å²) in [6.45, 7) is 4.36. The van der Waals surface area contributed by atoms with Crippen LogP contribution in [0.3, 0.4) is 0 Å². The number of carbonyl (C=O) groups is 1. The van der Waals surface area contributed by atoms with Crippen molar-refractivity contribution < 1.29 is 9.53 Å². The molecule has 104 valence electrons. The third kappa shape index (κ3) is 3.87. The van der Waals surface area contributed by atoms with Crippen LogP contribution in [-0.2, 0) is 16.0 Å². The maximum absolute atomic E-state index is 11.4. The molecule has 4 heteroatoms. The molecule has 0 unspecified atom stereocenters. The molecule has 3 nitrogen and oxygen atoms in total. The minimum atomic E-state index is -0.204. The second-order valence-electron chi connectivity index (χ2n) is 4.82. The maximum Gasteiger partial charge on any atom is 0.310 e. The summed E-state index contributed by atoms with van der Waals surface area (Å²) in [5.41, 5.74) is 1.98. The molecule has 0 atom stereocenters. The van der Waals surface area contributed by atoms with E-state index in [0.717, 1.165) is 29.4 Å². The molecule has 1 aliphatic heterocycles. The molecule has 1 saturated heterocycles. The molecule has 1 aromatic rings. The lowest BCUT2D eigenvalue weighted by molar-refractivity contribution is -0.142. The fourth-order valence-electron chi connectivity index (χ4n) is 2.43. The second-order valence-corrected chi connectivity index (χ2v) is 5.22. The van der Waals surface area contributed by atoms with Gasteiger partial charge in [0.25, 0.3) is 0 Å². The fourth-order valence-corrected chi connectivity index (χ4v) is 2.75. The Kier molecular flexibility index (Phi) is 5.08. The molecule has 1 aliphatic rings. The number of benzene rings is 1. The maximum atomic E-state index is 11.4. The van der Waals surface area contributed by atoms with E-state index < -0.39 is 0 Å². The van der Waals surface area contributed by atoms with Crippen molar-refractivity contribution in [1.82, 2.24) is 0 Å². The van der Waals surface area contributed by atoms with Gasteiger partial charge in [-0.3, -0.25) is 4.79 Å². The normalized spacial score (nSPS) is 15.4. The molecule has 0 radical (unpaired) electrons. The highest BCUT2D eigenvalue weighted by molar-refractivity contribution is 6.33. The van der Waals surface area contributed by atoms with Crippen LogP contribution in [0.5, 0.6) is 0 Å². The minimum absolute atomic E-state index is 0.204. The zero-order valence-corrected chi connectivity index (χ0v) is 12.1. The van der Waals surface area contributed by atoms with E-state index in [0.29, 0.717) is 6.61 Å². The Balaban J connectivity index is 2.06. The zero-order valence-electron chi connectivity index (χ0n) is 11.3. The van der Waals surface area contributed by atoms with Gasteiger partial charge in [0.2, 0.25) is 0 Å². The lowest BCUT2D eigenvalue weighted by atomic mass is 10.1. The number of halogens is 1. The lowest BCUT2D eigenvalue weighted by Crippen LogP contribution is -2.29. The molecular weight excluding hydrogens is 262 g/mol. The van der Waals surface area contributed by atoms with Gasteiger partial charge >= 0.3 is 5.97 Å². The third-order valence-corrected chi connectivity index (χ3v) is 3.67. The van der Waals surface area contributed by atoms with Crippen LogP contribution in [0.1, 0.15) is 31.7 Å². The molecule has 1 heterocycles. The quantitative estimate of drug-likeness (QED) is 0.792. The van der Waals surface area contributed by atoms with E-state index in [4.69, 9.17) is 16.3 Å². The van der Waals surface area contributed by atoms with Gasteiger partial charge in [-0.25, -0.2) is 0 Å². The van der Waals surface area contributed by atoms with Crippen LogP contribution in [0.15, 0.2) is 18.2 Å². The Morgan fingerprint density at radius 1 is 1.32 bits per heavy atom. The van der Waals surface area contributed by atoms with Gasteiger partial charge in [0, 0.05) is 13.1 Å². The summed E-state index contributed by atoms with van der Waals surface area (Å²) < 4.78 is 4.94. The highest BCUT2D eigenvalue weighted by Gasteiger charge is 2.14. The molecule has 0 N–H and O–H groups in total. The number of esters is 1. The Morgan fingerprint density at radius 3 is 2.68 bits per heavy atom. The third-order valence-electron chi connectivity index (χ3n) is 3.36. The van der Waals surface area contributed by atoms with Gasteiger partial charge in [-0.15, -0.1) is 0 Å². The summed E-state index contributed by atoms with van der Waals surface area (Å²) in [6.07, 6.45) is 4.03. The first kappa shape index (κ1) is 14.2. The number of nitrogens with zero attached hydrogens (tertiary/aromatic N) is 1. The highest BCUT2D eigenvalue weighted by Crippen LogP contribution is 2.29. The largest absolute Gasteiger partial charge is 0.466 e. The lowest BCUT2D eigenvalue weighted by Gasteiger charge is -2.29. The summed E-state index contributed by atoms with van der Waals surface area (Å²) in [7, 11) is 0. The molecule has 0 aromatic heterocycles. The number of hydrogen-bond acceptors (Lipinski definition) is 3. The van der Waals surface area contributed by atoms with Crippen LogP contribution in [0.4, 0.5) is 5.69 Å². The first-order valence-corrected chi connectivity index (χ1v) is 7.27. The van der Waals surface area contributed by atoms with Crippen molar-refractivity contribution in [3.63, 3.8) is 0 Å². The Labute approximate surface area is 119 Å². The number of rotatable bonds is 4. The van der Waals surface area contributed by atoms with Crippen molar-refractivity contribution >= 4 is 23.3 Å². The Bertz CT molecular complexity index is 442. The fraction of sp³-hybridized carbons (Fsp3) is 0.533. The van der Waals surface area contributed by atoms with Crippen LogP contribution in [0.2, 0.25) is 5.02 Å². The van der Waals surface area contributed by atoms with E-state index in [9.17, 15) is 4.79 Å². The number of ether oxygens (including phenoxy) is 1. The van der Waals surface area contributed by atoms with Crippen LogP contribution < -0.4 is 4.90 Å². The predicted molar refractivity (Wildman–Crippen MR) is 77.9 cm³/mol. The zero-order chi connectivity index (χ0) is 13.7. The number of hydrogen-bond donors (Lipinski definition) is 0. The Morgan fingerprint density at radius 2 is 2.05 bits per heavy atom. The topological polar surface area (TPSA) is 29.5 Å². The highest BCUT2D eigenvalue weighted by atomic mass is 35.5. The summed E-state index contributed by atoms with van der Waals surface area (Å²) in [5.74, 6) is -0.204. The Hall–Kier alpha value is -1.22.